The highest BCUT2D eigenvalue weighted by molar-refractivity contribution is 6.26. The van der Waals surface area contributed by atoms with Crippen LogP contribution in [-0.2, 0) is 4.79 Å². The van der Waals surface area contributed by atoms with Crippen LogP contribution in [-0.4, -0.2) is 28.7 Å². The van der Waals surface area contributed by atoms with Crippen molar-refractivity contribution in [2.45, 2.75) is 52.0 Å². The molecular formula is C23H24N2O3. The normalized spacial score (nSPS) is 21.0. The zero-order chi connectivity index (χ0) is 20.0. The van der Waals surface area contributed by atoms with E-state index in [2.05, 4.69) is 19.2 Å². The van der Waals surface area contributed by atoms with Crippen molar-refractivity contribution in [3.05, 3.63) is 58.8 Å². The van der Waals surface area contributed by atoms with E-state index < -0.39 is 6.04 Å². The van der Waals surface area contributed by atoms with Crippen molar-refractivity contribution < 1.29 is 14.4 Å². The summed E-state index contributed by atoms with van der Waals surface area (Å²) >= 11 is 0. The van der Waals surface area contributed by atoms with Crippen LogP contribution in [0.1, 0.15) is 72.2 Å². The fourth-order valence-electron chi connectivity index (χ4n) is 4.14. The first kappa shape index (κ1) is 18.4. The maximum absolute atomic E-state index is 13.4. The predicted octanol–water partition coefficient (Wildman–Crippen LogP) is 4.13. The van der Waals surface area contributed by atoms with Crippen molar-refractivity contribution in [1.29, 1.82) is 0 Å². The van der Waals surface area contributed by atoms with Gasteiger partial charge in [-0.1, -0.05) is 45.0 Å². The number of benzene rings is 2. The van der Waals surface area contributed by atoms with E-state index in [0.717, 1.165) is 23.1 Å². The summed E-state index contributed by atoms with van der Waals surface area (Å²) in [6, 6.07) is 8.64. The summed E-state index contributed by atoms with van der Waals surface area (Å²) in [7, 11) is 0. The third-order valence-electron chi connectivity index (χ3n) is 5.60. The van der Waals surface area contributed by atoms with Crippen LogP contribution in [0.15, 0.2) is 42.1 Å². The highest BCUT2D eigenvalue weighted by Crippen LogP contribution is 2.35. The summed E-state index contributed by atoms with van der Waals surface area (Å²) in [5.41, 5.74) is 2.91. The van der Waals surface area contributed by atoms with Crippen molar-refractivity contribution in [2.75, 3.05) is 0 Å². The molecule has 1 N–H and O–H groups in total. The summed E-state index contributed by atoms with van der Waals surface area (Å²) in [5.74, 6) is -0.797. The molecule has 1 unspecified atom stereocenters. The average Bonchev–Trinajstić information content (AvgIpc) is 2.67. The Balaban J connectivity index is 1.80. The van der Waals surface area contributed by atoms with Crippen molar-refractivity contribution in [3.63, 3.8) is 0 Å². The topological polar surface area (TPSA) is 66.5 Å². The van der Waals surface area contributed by atoms with E-state index in [1.807, 2.05) is 37.3 Å². The Morgan fingerprint density at radius 2 is 1.89 bits per heavy atom. The lowest BCUT2D eigenvalue weighted by Gasteiger charge is -2.35. The summed E-state index contributed by atoms with van der Waals surface area (Å²) in [6.45, 7) is 6.15. The number of nitrogens with zero attached hydrogens (tertiary/aromatic N) is 1. The second-order valence-electron chi connectivity index (χ2n) is 7.79. The minimum absolute atomic E-state index is 0.253. The summed E-state index contributed by atoms with van der Waals surface area (Å²) in [4.78, 5) is 40.4. The van der Waals surface area contributed by atoms with Gasteiger partial charge in [0.1, 0.15) is 6.04 Å². The number of imide groups is 1. The number of nitrogens with one attached hydrogen (secondary N) is 1. The van der Waals surface area contributed by atoms with Crippen molar-refractivity contribution in [2.24, 2.45) is 0 Å². The van der Waals surface area contributed by atoms with Gasteiger partial charge in [-0.2, -0.15) is 0 Å². The van der Waals surface area contributed by atoms with Crippen molar-refractivity contribution in [3.8, 4) is 0 Å². The Hall–Kier alpha value is -2.95. The molecule has 2 aromatic rings. The standard InChI is InChI=1S/C23H24N2O3/c1-4-6-16-9-10-19(21(26)24-16)25-22(27)17-8-5-7-14-11-15(13(2)3)12-18(20(14)17)23(25)28/h5-8,11-13,19H,4,9-10H2,1-3H3,(H,24,26)/b16-6-. The molecular weight excluding hydrogens is 352 g/mol. The molecule has 5 nitrogen and oxygen atoms in total. The van der Waals surface area contributed by atoms with Gasteiger partial charge in [-0.15, -0.1) is 0 Å². The molecule has 1 saturated heterocycles. The molecule has 0 aromatic heterocycles. The van der Waals surface area contributed by atoms with Gasteiger partial charge in [0, 0.05) is 22.2 Å². The summed E-state index contributed by atoms with van der Waals surface area (Å²) in [5, 5.41) is 4.45. The molecule has 28 heavy (non-hydrogen) atoms. The van der Waals surface area contributed by atoms with Crippen molar-refractivity contribution in [1.82, 2.24) is 10.2 Å². The Kier molecular flexibility index (Phi) is 4.53. The number of carbonyl (C=O) groups is 3. The Labute approximate surface area is 164 Å². The van der Waals surface area contributed by atoms with Crippen molar-refractivity contribution >= 4 is 28.5 Å². The highest BCUT2D eigenvalue weighted by atomic mass is 16.2. The molecule has 0 bridgehead atoms. The number of hydrogen-bond acceptors (Lipinski definition) is 3. The molecule has 144 valence electrons. The quantitative estimate of drug-likeness (QED) is 0.819. The first-order valence-electron chi connectivity index (χ1n) is 9.86. The Bertz CT molecular complexity index is 1040. The van der Waals surface area contributed by atoms with Gasteiger partial charge < -0.3 is 5.32 Å². The van der Waals surface area contributed by atoms with E-state index in [-0.39, 0.29) is 23.6 Å². The lowest BCUT2D eigenvalue weighted by Crippen LogP contribution is -2.55. The first-order valence-corrected chi connectivity index (χ1v) is 9.86. The van der Waals surface area contributed by atoms with Crippen LogP contribution in [0.4, 0.5) is 0 Å². The molecule has 0 aliphatic carbocycles. The van der Waals surface area contributed by atoms with Crippen LogP contribution in [0.25, 0.3) is 10.8 Å². The van der Waals surface area contributed by atoms with Crippen LogP contribution in [0, 0.1) is 0 Å². The third-order valence-corrected chi connectivity index (χ3v) is 5.60. The van der Waals surface area contributed by atoms with Crippen LogP contribution >= 0.6 is 0 Å². The fourth-order valence-corrected chi connectivity index (χ4v) is 4.14. The molecule has 1 fully saturated rings. The molecule has 2 aromatic carbocycles. The van der Waals surface area contributed by atoms with Gasteiger partial charge >= 0.3 is 0 Å². The zero-order valence-corrected chi connectivity index (χ0v) is 16.4. The summed E-state index contributed by atoms with van der Waals surface area (Å²) in [6.07, 6.45) is 3.89. The third kappa shape index (κ3) is 2.82. The van der Waals surface area contributed by atoms with E-state index in [4.69, 9.17) is 0 Å². The monoisotopic (exact) mass is 376 g/mol. The van der Waals surface area contributed by atoms with E-state index in [0.29, 0.717) is 29.4 Å². The number of rotatable bonds is 3. The second kappa shape index (κ2) is 6.89. The number of carbonyl (C=O) groups excluding carboxylic acids is 3. The predicted molar refractivity (Wildman–Crippen MR) is 108 cm³/mol. The van der Waals surface area contributed by atoms with Crippen LogP contribution < -0.4 is 5.32 Å². The molecule has 0 saturated carbocycles. The molecule has 3 amide bonds. The van der Waals surface area contributed by atoms with Gasteiger partial charge in [-0.25, -0.2) is 0 Å². The lowest BCUT2D eigenvalue weighted by molar-refractivity contribution is -0.125. The second-order valence-corrected chi connectivity index (χ2v) is 7.79. The minimum Gasteiger partial charge on any atom is -0.328 e. The number of hydrogen-bond donors (Lipinski definition) is 1. The number of allylic oxidation sites excluding steroid dienone is 2. The lowest BCUT2D eigenvalue weighted by atomic mass is 9.88. The van der Waals surface area contributed by atoms with Crippen LogP contribution in [0.2, 0.25) is 0 Å². The minimum atomic E-state index is -0.778. The maximum Gasteiger partial charge on any atom is 0.262 e. The number of piperidine rings is 1. The van der Waals surface area contributed by atoms with E-state index in [9.17, 15) is 14.4 Å². The maximum atomic E-state index is 13.4. The number of amides is 3. The van der Waals surface area contributed by atoms with Gasteiger partial charge in [-0.3, -0.25) is 19.3 Å². The van der Waals surface area contributed by atoms with Gasteiger partial charge in [0.15, 0.2) is 0 Å². The van der Waals surface area contributed by atoms with Gasteiger partial charge in [0.2, 0.25) is 5.91 Å². The van der Waals surface area contributed by atoms with E-state index >= 15 is 0 Å². The molecule has 0 spiro atoms. The van der Waals surface area contributed by atoms with Crippen LogP contribution in [0.3, 0.4) is 0 Å². The largest absolute Gasteiger partial charge is 0.328 e. The SMILES string of the molecule is CC/C=C1/CCC(N2C(=O)c3cccc4cc(C(C)C)cc(c34)C2=O)C(=O)N1. The average molecular weight is 376 g/mol. The first-order chi connectivity index (χ1) is 13.4. The molecule has 5 heteroatoms. The molecule has 2 aliphatic heterocycles. The smallest absolute Gasteiger partial charge is 0.262 e. The Morgan fingerprint density at radius 1 is 1.14 bits per heavy atom. The molecule has 4 rings (SSSR count). The van der Waals surface area contributed by atoms with Gasteiger partial charge in [0.25, 0.3) is 11.8 Å². The fraction of sp³-hybridized carbons (Fsp3) is 0.348. The van der Waals surface area contributed by atoms with E-state index in [1.54, 1.807) is 6.07 Å². The molecule has 0 radical (unpaired) electrons. The van der Waals surface area contributed by atoms with Gasteiger partial charge in [-0.05, 0) is 48.3 Å². The van der Waals surface area contributed by atoms with Gasteiger partial charge in [0.05, 0.1) is 0 Å². The van der Waals surface area contributed by atoms with Crippen LogP contribution in [0.5, 0.6) is 0 Å². The molecule has 2 aliphatic rings. The highest BCUT2D eigenvalue weighted by Gasteiger charge is 2.42. The summed E-state index contributed by atoms with van der Waals surface area (Å²) < 4.78 is 0. The van der Waals surface area contributed by atoms with E-state index in [1.165, 1.54) is 4.90 Å². The molecule has 2 heterocycles. The Morgan fingerprint density at radius 3 is 2.57 bits per heavy atom. The molecule has 1 atom stereocenters. The zero-order valence-electron chi connectivity index (χ0n) is 16.4.